The quantitative estimate of drug-likeness (QED) is 0.360. The highest BCUT2D eigenvalue weighted by Crippen LogP contribution is 2.39. The summed E-state index contributed by atoms with van der Waals surface area (Å²) >= 11 is 5.73. The van der Waals surface area contributed by atoms with E-state index in [1.165, 1.54) is 12.1 Å². The second kappa shape index (κ2) is 10.1. The Morgan fingerprint density at radius 1 is 1.00 bits per heavy atom. The van der Waals surface area contributed by atoms with Crippen molar-refractivity contribution in [2.24, 2.45) is 0 Å². The van der Waals surface area contributed by atoms with Crippen molar-refractivity contribution in [2.45, 2.75) is 18.5 Å². The average molecular weight is 486 g/mol. The normalized spacial score (nSPS) is 17.3. The monoisotopic (exact) mass is 485 g/mol. The predicted octanol–water partition coefficient (Wildman–Crippen LogP) is 5.01. The summed E-state index contributed by atoms with van der Waals surface area (Å²) in [6.45, 7) is 0.410. The highest BCUT2D eigenvalue weighted by molar-refractivity contribution is 7.80. The van der Waals surface area contributed by atoms with Crippen molar-refractivity contribution in [3.05, 3.63) is 115 Å². The number of carbonyl (C=O) groups excluding carboxylic acids is 1. The predicted molar refractivity (Wildman–Crippen MR) is 138 cm³/mol. The number of hydrogen-bond acceptors (Lipinski definition) is 3. The maximum Gasteiger partial charge on any atom is 0.226 e. The number of para-hydroxylation sites is 1. The van der Waals surface area contributed by atoms with E-state index in [9.17, 15) is 9.18 Å². The Morgan fingerprint density at radius 2 is 1.77 bits per heavy atom. The largest absolute Gasteiger partial charge is 0.352 e. The van der Waals surface area contributed by atoms with Crippen molar-refractivity contribution in [2.75, 3.05) is 11.9 Å². The molecule has 1 fully saturated rings. The van der Waals surface area contributed by atoms with Gasteiger partial charge in [-0.2, -0.15) is 0 Å². The van der Waals surface area contributed by atoms with Crippen LogP contribution in [-0.4, -0.2) is 32.0 Å². The lowest BCUT2D eigenvalue weighted by Crippen LogP contribution is -2.33. The van der Waals surface area contributed by atoms with Crippen LogP contribution in [0.15, 0.2) is 97.3 Å². The molecule has 5 rings (SSSR count). The van der Waals surface area contributed by atoms with Gasteiger partial charge in [0.25, 0.3) is 0 Å². The van der Waals surface area contributed by atoms with Crippen LogP contribution < -0.4 is 10.6 Å². The van der Waals surface area contributed by atoms with Crippen molar-refractivity contribution < 1.29 is 9.18 Å². The van der Waals surface area contributed by atoms with E-state index in [1.807, 2.05) is 53.6 Å². The summed E-state index contributed by atoms with van der Waals surface area (Å²) in [5.41, 5.74) is 3.51. The Labute approximate surface area is 208 Å². The third-order valence-electron chi connectivity index (χ3n) is 6.02. The van der Waals surface area contributed by atoms with Crippen molar-refractivity contribution in [1.29, 1.82) is 0 Å². The lowest BCUT2D eigenvalue weighted by atomic mass is 10.0. The number of rotatable bonds is 7. The van der Waals surface area contributed by atoms with Crippen LogP contribution in [0.25, 0.3) is 5.69 Å². The zero-order valence-electron chi connectivity index (χ0n) is 18.8. The van der Waals surface area contributed by atoms with Gasteiger partial charge in [-0.25, -0.2) is 4.39 Å². The number of thiocarbonyl (C=S) groups is 1. The minimum absolute atomic E-state index is 0.169. The van der Waals surface area contributed by atoms with Crippen molar-refractivity contribution in [1.82, 2.24) is 19.8 Å². The first kappa shape index (κ1) is 22.7. The first-order chi connectivity index (χ1) is 17.1. The van der Waals surface area contributed by atoms with Crippen LogP contribution in [0.2, 0.25) is 0 Å². The van der Waals surface area contributed by atoms with Gasteiger partial charge in [0, 0.05) is 42.4 Å². The van der Waals surface area contributed by atoms with Crippen molar-refractivity contribution >= 4 is 28.9 Å². The van der Waals surface area contributed by atoms with Gasteiger partial charge in [-0.3, -0.25) is 9.78 Å². The SMILES string of the molecule is O=C(CCN1C(=S)N[C@@H](c2ccccn2)[C@@H]1c1cccn1-c1ccccc1)Nc1ccc(F)cc1. The first-order valence-electron chi connectivity index (χ1n) is 11.4. The molecule has 8 heteroatoms. The van der Waals surface area contributed by atoms with Gasteiger partial charge in [-0.15, -0.1) is 0 Å². The van der Waals surface area contributed by atoms with Crippen LogP contribution >= 0.6 is 12.2 Å². The Bertz CT molecular complexity index is 1310. The molecule has 0 saturated carbocycles. The molecule has 0 bridgehead atoms. The summed E-state index contributed by atoms with van der Waals surface area (Å²) in [4.78, 5) is 19.3. The first-order valence-corrected chi connectivity index (χ1v) is 11.8. The van der Waals surface area contributed by atoms with Gasteiger partial charge in [0.1, 0.15) is 5.82 Å². The Hall–Kier alpha value is -4.04. The molecule has 0 radical (unpaired) electrons. The van der Waals surface area contributed by atoms with Gasteiger partial charge in [0.2, 0.25) is 5.91 Å². The summed E-state index contributed by atoms with van der Waals surface area (Å²) in [7, 11) is 0. The minimum atomic E-state index is -0.346. The number of anilines is 1. The molecular formula is C27H24FN5OS. The molecule has 0 aliphatic carbocycles. The third-order valence-corrected chi connectivity index (χ3v) is 6.38. The summed E-state index contributed by atoms with van der Waals surface area (Å²) in [6, 6.07) is 25.4. The standard InChI is InChI=1S/C27H24FN5OS/c28-19-11-13-20(14-12-19)30-24(34)15-18-33-26(25(31-27(33)35)22-9-4-5-16-29-22)23-10-6-17-32(23)21-7-2-1-3-8-21/h1-14,16-17,25-26H,15,18H2,(H,30,34)(H,31,35)/t25-,26-/m0/s1. The van der Waals surface area contributed by atoms with Crippen molar-refractivity contribution in [3.63, 3.8) is 0 Å². The van der Waals surface area contributed by atoms with Gasteiger partial charge < -0.3 is 20.1 Å². The van der Waals surface area contributed by atoms with E-state index < -0.39 is 0 Å². The van der Waals surface area contributed by atoms with E-state index in [1.54, 1.807) is 18.3 Å². The van der Waals surface area contributed by atoms with Gasteiger partial charge in [-0.1, -0.05) is 24.3 Å². The van der Waals surface area contributed by atoms with Crippen molar-refractivity contribution in [3.8, 4) is 5.69 Å². The Kier molecular flexibility index (Phi) is 6.54. The molecule has 176 valence electrons. The summed E-state index contributed by atoms with van der Waals surface area (Å²) in [5.74, 6) is -0.515. The molecule has 1 aliphatic heterocycles. The maximum atomic E-state index is 13.2. The molecule has 35 heavy (non-hydrogen) atoms. The Morgan fingerprint density at radius 3 is 2.51 bits per heavy atom. The summed E-state index contributed by atoms with van der Waals surface area (Å²) in [6.07, 6.45) is 4.02. The van der Waals surface area contributed by atoms with E-state index in [4.69, 9.17) is 12.2 Å². The van der Waals surface area contributed by atoms with Crippen LogP contribution in [0.3, 0.4) is 0 Å². The van der Waals surface area contributed by atoms with Gasteiger partial charge in [0.05, 0.1) is 17.8 Å². The van der Waals surface area contributed by atoms with Crippen LogP contribution in [0.1, 0.15) is 29.9 Å². The minimum Gasteiger partial charge on any atom is -0.352 e. The molecule has 0 spiro atoms. The number of pyridine rings is 1. The molecule has 2 atom stereocenters. The molecule has 1 aliphatic rings. The van der Waals surface area contributed by atoms with Crippen LogP contribution in [0, 0.1) is 5.82 Å². The van der Waals surface area contributed by atoms with Crippen LogP contribution in [0.4, 0.5) is 10.1 Å². The fourth-order valence-corrected chi connectivity index (χ4v) is 4.74. The lowest BCUT2D eigenvalue weighted by Gasteiger charge is -2.28. The van der Waals surface area contributed by atoms with E-state index in [2.05, 4.69) is 38.4 Å². The average Bonchev–Trinajstić information content (AvgIpc) is 3.49. The van der Waals surface area contributed by atoms with Crippen LogP contribution in [0.5, 0.6) is 0 Å². The summed E-state index contributed by atoms with van der Waals surface area (Å²) < 4.78 is 15.3. The fraction of sp³-hybridized carbons (Fsp3) is 0.148. The second-order valence-corrected chi connectivity index (χ2v) is 8.65. The van der Waals surface area contributed by atoms with E-state index in [0.717, 1.165) is 17.1 Å². The second-order valence-electron chi connectivity index (χ2n) is 8.26. The molecule has 0 unspecified atom stereocenters. The summed E-state index contributed by atoms with van der Waals surface area (Å²) in [5, 5.41) is 6.82. The maximum absolute atomic E-state index is 13.2. The molecule has 3 heterocycles. The molecule has 1 amide bonds. The highest BCUT2D eigenvalue weighted by Gasteiger charge is 2.41. The molecule has 6 nitrogen and oxygen atoms in total. The molecule has 2 aromatic heterocycles. The number of nitrogens with zero attached hydrogens (tertiary/aromatic N) is 3. The fourth-order valence-electron chi connectivity index (χ4n) is 4.41. The molecule has 1 saturated heterocycles. The number of nitrogens with one attached hydrogen (secondary N) is 2. The van der Waals surface area contributed by atoms with E-state index in [0.29, 0.717) is 17.3 Å². The Balaban J connectivity index is 1.42. The van der Waals surface area contributed by atoms with Crippen LogP contribution in [-0.2, 0) is 4.79 Å². The number of aromatic nitrogens is 2. The number of hydrogen-bond donors (Lipinski definition) is 2. The number of benzene rings is 2. The molecule has 2 aromatic carbocycles. The smallest absolute Gasteiger partial charge is 0.226 e. The lowest BCUT2D eigenvalue weighted by molar-refractivity contribution is -0.116. The molecular weight excluding hydrogens is 461 g/mol. The third kappa shape index (κ3) is 4.93. The zero-order valence-corrected chi connectivity index (χ0v) is 19.7. The number of carbonyl (C=O) groups is 1. The van der Waals surface area contributed by atoms with E-state index >= 15 is 0 Å². The van der Waals surface area contributed by atoms with Gasteiger partial charge in [-0.05, 0) is 72.9 Å². The highest BCUT2D eigenvalue weighted by atomic mass is 32.1. The van der Waals surface area contributed by atoms with Gasteiger partial charge in [0.15, 0.2) is 5.11 Å². The van der Waals surface area contributed by atoms with Gasteiger partial charge >= 0.3 is 0 Å². The number of halogens is 1. The van der Waals surface area contributed by atoms with E-state index in [-0.39, 0.29) is 30.2 Å². The number of amides is 1. The zero-order chi connectivity index (χ0) is 24.2. The molecule has 4 aromatic rings. The topological polar surface area (TPSA) is 62.2 Å². The molecule has 2 N–H and O–H groups in total.